The molecule has 1 N–H and O–H groups in total. The number of rotatable bonds is 5. The van der Waals surface area contributed by atoms with Gasteiger partial charge < -0.3 is 4.74 Å². The first-order chi connectivity index (χ1) is 12.4. The molecule has 1 aliphatic rings. The number of amides is 2. The summed E-state index contributed by atoms with van der Waals surface area (Å²) >= 11 is 7.02. The van der Waals surface area contributed by atoms with E-state index >= 15 is 0 Å². The number of ether oxygens (including phenoxy) is 1. The zero-order valence-electron chi connectivity index (χ0n) is 13.1. The van der Waals surface area contributed by atoms with Crippen LogP contribution in [0.5, 0.6) is 5.75 Å². The normalized spacial score (nSPS) is 15.2. The maximum Gasteiger partial charge on any atom is 0.290 e. The number of halogens is 1. The van der Waals surface area contributed by atoms with Gasteiger partial charge >= 0.3 is 0 Å². The molecule has 0 radical (unpaired) electrons. The summed E-state index contributed by atoms with van der Waals surface area (Å²) in [6.45, 7) is 0.199. The summed E-state index contributed by atoms with van der Waals surface area (Å²) in [6.07, 6.45) is 1.57. The van der Waals surface area contributed by atoms with Crippen LogP contribution in [0.1, 0.15) is 11.1 Å². The van der Waals surface area contributed by atoms with Gasteiger partial charge in [-0.25, -0.2) is 0 Å². The first-order valence-corrected chi connectivity index (χ1v) is 8.52. The fourth-order valence-electron chi connectivity index (χ4n) is 2.17. The Morgan fingerprint density at radius 3 is 2.50 bits per heavy atom. The summed E-state index contributed by atoms with van der Waals surface area (Å²) in [7, 11) is 0. The molecule has 0 unspecified atom stereocenters. The third kappa shape index (κ3) is 4.22. The van der Waals surface area contributed by atoms with Gasteiger partial charge in [0.15, 0.2) is 0 Å². The molecule has 0 aliphatic carbocycles. The number of imide groups is 1. The number of carbonyl (C=O) groups excluding carboxylic acids is 2. The molecule has 2 aromatic carbocycles. The predicted octanol–water partition coefficient (Wildman–Crippen LogP) is 4.15. The van der Waals surface area contributed by atoms with E-state index in [2.05, 4.69) is 5.32 Å². The summed E-state index contributed by atoms with van der Waals surface area (Å²) in [4.78, 5) is 33.2. The number of nitro benzene ring substituents is 1. The largest absolute Gasteiger partial charge is 0.487 e. The van der Waals surface area contributed by atoms with Crippen LogP contribution in [0.4, 0.5) is 10.5 Å². The number of benzene rings is 2. The molecule has 0 saturated carbocycles. The van der Waals surface area contributed by atoms with Crippen molar-refractivity contribution in [3.8, 4) is 5.75 Å². The van der Waals surface area contributed by atoms with Crippen LogP contribution < -0.4 is 10.1 Å². The summed E-state index contributed by atoms with van der Waals surface area (Å²) in [5, 5.41) is 12.8. The molecule has 0 aromatic heterocycles. The van der Waals surface area contributed by atoms with Gasteiger partial charge in [0.25, 0.3) is 16.8 Å². The van der Waals surface area contributed by atoms with E-state index < -0.39 is 16.1 Å². The van der Waals surface area contributed by atoms with E-state index in [0.29, 0.717) is 21.2 Å². The minimum Gasteiger partial charge on any atom is -0.487 e. The van der Waals surface area contributed by atoms with E-state index in [1.54, 1.807) is 36.4 Å². The van der Waals surface area contributed by atoms with Gasteiger partial charge in [0.05, 0.1) is 14.9 Å². The van der Waals surface area contributed by atoms with Crippen molar-refractivity contribution >= 4 is 46.3 Å². The van der Waals surface area contributed by atoms with Crippen LogP contribution in [0.3, 0.4) is 0 Å². The Kier molecular flexibility index (Phi) is 5.24. The number of nitrogens with one attached hydrogen (secondary N) is 1. The predicted molar refractivity (Wildman–Crippen MR) is 98.0 cm³/mol. The van der Waals surface area contributed by atoms with E-state index in [-0.39, 0.29) is 12.3 Å². The summed E-state index contributed by atoms with van der Waals surface area (Å²) in [6, 6.07) is 11.0. The number of hydrogen-bond donors (Lipinski definition) is 1. The van der Waals surface area contributed by atoms with Gasteiger partial charge in [0.1, 0.15) is 12.4 Å². The Labute approximate surface area is 157 Å². The Morgan fingerprint density at radius 1 is 1.19 bits per heavy atom. The monoisotopic (exact) mass is 390 g/mol. The van der Waals surface area contributed by atoms with Gasteiger partial charge in [-0.1, -0.05) is 17.7 Å². The molecule has 132 valence electrons. The topological polar surface area (TPSA) is 98.5 Å². The van der Waals surface area contributed by atoms with Gasteiger partial charge in [-0.3, -0.25) is 25.0 Å². The molecule has 1 saturated heterocycles. The van der Waals surface area contributed by atoms with Crippen LogP contribution in [-0.2, 0) is 11.4 Å². The molecule has 9 heteroatoms. The van der Waals surface area contributed by atoms with Crippen LogP contribution in [0.15, 0.2) is 47.4 Å². The molecule has 7 nitrogen and oxygen atoms in total. The third-order valence-electron chi connectivity index (χ3n) is 3.44. The zero-order valence-corrected chi connectivity index (χ0v) is 14.7. The molecule has 2 aromatic rings. The Balaban J connectivity index is 1.68. The molecule has 2 amide bonds. The lowest BCUT2D eigenvalue weighted by atomic mass is 10.2. The average Bonchev–Trinajstić information content (AvgIpc) is 2.91. The Bertz CT molecular complexity index is 927. The molecule has 1 heterocycles. The average molecular weight is 391 g/mol. The Hall–Kier alpha value is -2.84. The smallest absolute Gasteiger partial charge is 0.290 e. The number of hydrogen-bond acceptors (Lipinski definition) is 6. The summed E-state index contributed by atoms with van der Waals surface area (Å²) in [5.41, 5.74) is 1.43. The van der Waals surface area contributed by atoms with Crippen LogP contribution in [0.25, 0.3) is 6.08 Å². The van der Waals surface area contributed by atoms with Crippen LogP contribution in [-0.4, -0.2) is 16.1 Å². The SMILES string of the molecule is O=C1NC(=O)/C(=C/c2ccc(OCc3ccc([N+](=O)[O-])cc3)c(Cl)c2)S1. The molecule has 0 bridgehead atoms. The van der Waals surface area contributed by atoms with Gasteiger partial charge in [-0.15, -0.1) is 0 Å². The number of nitrogens with zero attached hydrogens (tertiary/aromatic N) is 1. The standard InChI is InChI=1S/C17H11ClN2O5S/c18-13-7-11(8-15-16(21)19-17(22)26-15)3-6-14(13)25-9-10-1-4-12(5-2-10)20(23)24/h1-8H,9H2,(H,19,21,22)/b15-8-. The minimum atomic E-state index is -0.467. The van der Waals surface area contributed by atoms with E-state index in [1.165, 1.54) is 12.1 Å². The highest BCUT2D eigenvalue weighted by Crippen LogP contribution is 2.30. The second-order valence-corrected chi connectivity index (χ2v) is 6.68. The van der Waals surface area contributed by atoms with E-state index in [9.17, 15) is 19.7 Å². The highest BCUT2D eigenvalue weighted by atomic mass is 35.5. The van der Waals surface area contributed by atoms with Crippen molar-refractivity contribution in [2.75, 3.05) is 0 Å². The van der Waals surface area contributed by atoms with Crippen molar-refractivity contribution in [3.05, 3.63) is 73.6 Å². The fourth-order valence-corrected chi connectivity index (χ4v) is 3.10. The molecule has 1 fully saturated rings. The second kappa shape index (κ2) is 7.59. The van der Waals surface area contributed by atoms with Crippen LogP contribution >= 0.6 is 23.4 Å². The first kappa shape index (κ1) is 18.0. The lowest BCUT2D eigenvalue weighted by Crippen LogP contribution is -2.17. The minimum absolute atomic E-state index is 0.0106. The number of nitro groups is 1. The lowest BCUT2D eigenvalue weighted by molar-refractivity contribution is -0.384. The third-order valence-corrected chi connectivity index (χ3v) is 4.54. The number of carbonyl (C=O) groups is 2. The van der Waals surface area contributed by atoms with Gasteiger partial charge in [0.2, 0.25) is 0 Å². The molecular formula is C17H11ClN2O5S. The molecular weight excluding hydrogens is 380 g/mol. The molecule has 26 heavy (non-hydrogen) atoms. The van der Waals surface area contributed by atoms with E-state index in [0.717, 1.165) is 17.3 Å². The number of thioether (sulfide) groups is 1. The van der Waals surface area contributed by atoms with E-state index in [4.69, 9.17) is 16.3 Å². The summed E-state index contributed by atoms with van der Waals surface area (Å²) in [5.74, 6) is 0.00129. The van der Waals surface area contributed by atoms with Crippen molar-refractivity contribution in [2.24, 2.45) is 0 Å². The van der Waals surface area contributed by atoms with Crippen molar-refractivity contribution in [3.63, 3.8) is 0 Å². The first-order valence-electron chi connectivity index (χ1n) is 7.33. The maximum atomic E-state index is 11.5. The highest BCUT2D eigenvalue weighted by molar-refractivity contribution is 8.18. The quantitative estimate of drug-likeness (QED) is 0.467. The van der Waals surface area contributed by atoms with Crippen molar-refractivity contribution in [1.82, 2.24) is 5.32 Å². The van der Waals surface area contributed by atoms with Crippen molar-refractivity contribution < 1.29 is 19.2 Å². The fraction of sp³-hybridized carbons (Fsp3) is 0.0588. The van der Waals surface area contributed by atoms with Crippen LogP contribution in [0.2, 0.25) is 5.02 Å². The van der Waals surface area contributed by atoms with Crippen LogP contribution in [0, 0.1) is 10.1 Å². The Morgan fingerprint density at radius 2 is 1.92 bits per heavy atom. The molecule has 1 aliphatic heterocycles. The molecule has 0 atom stereocenters. The highest BCUT2D eigenvalue weighted by Gasteiger charge is 2.24. The number of non-ortho nitro benzene ring substituents is 1. The summed E-state index contributed by atoms with van der Waals surface area (Å²) < 4.78 is 5.63. The van der Waals surface area contributed by atoms with E-state index in [1.807, 2.05) is 0 Å². The van der Waals surface area contributed by atoms with Gasteiger partial charge in [-0.05, 0) is 53.2 Å². The van der Waals surface area contributed by atoms with Crippen molar-refractivity contribution in [2.45, 2.75) is 6.61 Å². The second-order valence-electron chi connectivity index (χ2n) is 5.25. The molecule has 0 spiro atoms. The zero-order chi connectivity index (χ0) is 18.7. The van der Waals surface area contributed by atoms with Gasteiger partial charge in [0, 0.05) is 12.1 Å². The lowest BCUT2D eigenvalue weighted by Gasteiger charge is -2.09. The van der Waals surface area contributed by atoms with Gasteiger partial charge in [-0.2, -0.15) is 0 Å². The van der Waals surface area contributed by atoms with Crippen molar-refractivity contribution in [1.29, 1.82) is 0 Å². The molecule has 3 rings (SSSR count). The maximum absolute atomic E-state index is 11.5.